The van der Waals surface area contributed by atoms with E-state index in [9.17, 15) is 5.11 Å². The van der Waals surface area contributed by atoms with Gasteiger partial charge in [-0.05, 0) is 18.9 Å². The van der Waals surface area contributed by atoms with E-state index in [4.69, 9.17) is 5.73 Å². The van der Waals surface area contributed by atoms with E-state index < -0.39 is 5.60 Å². The number of rotatable bonds is 5. The van der Waals surface area contributed by atoms with Gasteiger partial charge in [-0.1, -0.05) is 42.5 Å². The van der Waals surface area contributed by atoms with E-state index >= 15 is 0 Å². The van der Waals surface area contributed by atoms with Gasteiger partial charge in [-0.15, -0.1) is 5.10 Å². The Morgan fingerprint density at radius 2 is 2.05 bits per heavy atom. The molecule has 5 heteroatoms. The van der Waals surface area contributed by atoms with Crippen molar-refractivity contribution in [1.29, 1.82) is 0 Å². The Bertz CT molecular complexity index is 521. The maximum absolute atomic E-state index is 10.5. The highest BCUT2D eigenvalue weighted by Crippen LogP contribution is 2.22. The van der Waals surface area contributed by atoms with Gasteiger partial charge in [0.05, 0.1) is 24.5 Å². The molecule has 0 saturated carbocycles. The zero-order valence-electron chi connectivity index (χ0n) is 11.3. The van der Waals surface area contributed by atoms with Crippen LogP contribution in [-0.2, 0) is 12.1 Å². The molecule has 2 unspecified atom stereocenters. The Labute approximate surface area is 113 Å². The molecule has 0 fully saturated rings. The van der Waals surface area contributed by atoms with Crippen LogP contribution in [0.4, 0.5) is 0 Å². The second-order valence-corrected chi connectivity index (χ2v) is 5.00. The normalized spacial score (nSPS) is 16.0. The number of aliphatic hydroxyl groups is 1. The van der Waals surface area contributed by atoms with Crippen LogP contribution in [0.2, 0.25) is 0 Å². The summed E-state index contributed by atoms with van der Waals surface area (Å²) in [6.45, 7) is 4.12. The summed E-state index contributed by atoms with van der Waals surface area (Å²) in [6.07, 6.45) is 2.61. The molecule has 5 nitrogen and oxygen atoms in total. The van der Waals surface area contributed by atoms with Gasteiger partial charge in [-0.3, -0.25) is 0 Å². The van der Waals surface area contributed by atoms with Crippen LogP contribution in [0.25, 0.3) is 0 Å². The van der Waals surface area contributed by atoms with Gasteiger partial charge in [0.15, 0.2) is 0 Å². The highest BCUT2D eigenvalue weighted by Gasteiger charge is 2.24. The first-order chi connectivity index (χ1) is 9.03. The van der Waals surface area contributed by atoms with E-state index in [-0.39, 0.29) is 6.04 Å². The second-order valence-electron chi connectivity index (χ2n) is 5.00. The molecule has 0 radical (unpaired) electrons. The highest BCUT2D eigenvalue weighted by atomic mass is 16.3. The molecule has 2 rings (SSSR count). The van der Waals surface area contributed by atoms with Crippen molar-refractivity contribution in [2.24, 2.45) is 5.73 Å². The fourth-order valence-electron chi connectivity index (χ4n) is 1.97. The van der Waals surface area contributed by atoms with Gasteiger partial charge in [0.1, 0.15) is 5.60 Å². The quantitative estimate of drug-likeness (QED) is 0.856. The van der Waals surface area contributed by atoms with Crippen LogP contribution in [0, 0.1) is 0 Å². The summed E-state index contributed by atoms with van der Waals surface area (Å²) in [5.41, 5.74) is 6.53. The van der Waals surface area contributed by atoms with Gasteiger partial charge in [0.25, 0.3) is 0 Å². The fraction of sp³-hybridized carbons (Fsp3) is 0.429. The van der Waals surface area contributed by atoms with E-state index in [1.807, 2.05) is 37.3 Å². The molecule has 0 aliphatic heterocycles. The Hall–Kier alpha value is -1.72. The minimum Gasteiger partial charge on any atom is -0.384 e. The molecular weight excluding hydrogens is 240 g/mol. The van der Waals surface area contributed by atoms with Crippen molar-refractivity contribution >= 4 is 0 Å². The molecule has 19 heavy (non-hydrogen) atoms. The van der Waals surface area contributed by atoms with E-state index in [0.717, 1.165) is 17.7 Å². The van der Waals surface area contributed by atoms with E-state index in [1.165, 1.54) is 0 Å². The second kappa shape index (κ2) is 5.50. The van der Waals surface area contributed by atoms with Crippen LogP contribution in [0.1, 0.15) is 37.6 Å². The number of aromatic nitrogens is 3. The zero-order valence-corrected chi connectivity index (χ0v) is 11.3. The molecule has 0 saturated heterocycles. The lowest BCUT2D eigenvalue weighted by Gasteiger charge is -2.23. The summed E-state index contributed by atoms with van der Waals surface area (Å²) < 4.78 is 1.64. The number of nitrogens with zero attached hydrogens (tertiary/aromatic N) is 3. The van der Waals surface area contributed by atoms with Gasteiger partial charge >= 0.3 is 0 Å². The van der Waals surface area contributed by atoms with Crippen LogP contribution >= 0.6 is 0 Å². The maximum Gasteiger partial charge on any atom is 0.106 e. The molecule has 0 spiro atoms. The van der Waals surface area contributed by atoms with E-state index in [0.29, 0.717) is 6.54 Å². The van der Waals surface area contributed by atoms with E-state index in [2.05, 4.69) is 10.3 Å². The summed E-state index contributed by atoms with van der Waals surface area (Å²) in [7, 11) is 0. The third kappa shape index (κ3) is 3.19. The van der Waals surface area contributed by atoms with Gasteiger partial charge in [-0.25, -0.2) is 4.68 Å². The van der Waals surface area contributed by atoms with Crippen molar-refractivity contribution in [1.82, 2.24) is 15.0 Å². The van der Waals surface area contributed by atoms with Crippen molar-refractivity contribution in [3.05, 3.63) is 47.8 Å². The molecule has 0 aliphatic rings. The van der Waals surface area contributed by atoms with Crippen LogP contribution in [-0.4, -0.2) is 20.1 Å². The average molecular weight is 260 g/mol. The lowest BCUT2D eigenvalue weighted by molar-refractivity contribution is 0.0341. The minimum atomic E-state index is -0.984. The number of hydrogen-bond acceptors (Lipinski definition) is 4. The van der Waals surface area contributed by atoms with Crippen LogP contribution in [0.5, 0.6) is 0 Å². The monoisotopic (exact) mass is 260 g/mol. The first kappa shape index (κ1) is 13.7. The first-order valence-corrected chi connectivity index (χ1v) is 6.46. The molecule has 0 bridgehead atoms. The maximum atomic E-state index is 10.5. The van der Waals surface area contributed by atoms with E-state index in [1.54, 1.807) is 17.8 Å². The largest absolute Gasteiger partial charge is 0.384 e. The van der Waals surface area contributed by atoms with Gasteiger partial charge in [-0.2, -0.15) is 0 Å². The third-order valence-electron chi connectivity index (χ3n) is 3.24. The molecule has 0 amide bonds. The molecule has 1 heterocycles. The Balaban J connectivity index is 2.14. The molecule has 2 aromatic rings. The third-order valence-corrected chi connectivity index (χ3v) is 3.24. The average Bonchev–Trinajstić information content (AvgIpc) is 2.86. The molecule has 0 aliphatic carbocycles. The van der Waals surface area contributed by atoms with Crippen molar-refractivity contribution in [3.63, 3.8) is 0 Å². The Kier molecular flexibility index (Phi) is 3.97. The molecule has 1 aromatic heterocycles. The molecule has 1 aromatic carbocycles. The first-order valence-electron chi connectivity index (χ1n) is 6.46. The summed E-state index contributed by atoms with van der Waals surface area (Å²) >= 11 is 0. The summed E-state index contributed by atoms with van der Waals surface area (Å²) in [4.78, 5) is 0. The lowest BCUT2D eigenvalue weighted by atomic mass is 9.96. The number of hydrogen-bond donors (Lipinski definition) is 2. The van der Waals surface area contributed by atoms with Crippen LogP contribution in [0.15, 0.2) is 36.5 Å². The minimum absolute atomic E-state index is 0.101. The van der Waals surface area contributed by atoms with Crippen molar-refractivity contribution < 1.29 is 5.11 Å². The molecular formula is C14H20N4O. The summed E-state index contributed by atoms with van der Waals surface area (Å²) in [5.74, 6) is 0. The number of nitrogens with two attached hydrogens (primary N) is 1. The van der Waals surface area contributed by atoms with Gasteiger partial charge < -0.3 is 10.8 Å². The highest BCUT2D eigenvalue weighted by molar-refractivity contribution is 5.21. The molecule has 3 N–H and O–H groups in total. The predicted octanol–water partition coefficient (Wildman–Crippen LogP) is 1.60. The SMILES string of the molecule is CCC(N)c1cn(CC(C)(O)c2ccccc2)nn1. The zero-order chi connectivity index (χ0) is 13.9. The Morgan fingerprint density at radius 1 is 1.37 bits per heavy atom. The predicted molar refractivity (Wildman–Crippen MR) is 73.3 cm³/mol. The van der Waals surface area contributed by atoms with Gasteiger partial charge in [0, 0.05) is 0 Å². The van der Waals surface area contributed by atoms with Crippen LogP contribution in [0.3, 0.4) is 0 Å². The summed E-state index contributed by atoms with van der Waals surface area (Å²) in [5, 5.41) is 18.6. The molecule has 2 atom stereocenters. The van der Waals surface area contributed by atoms with Crippen molar-refractivity contribution in [2.45, 2.75) is 38.5 Å². The fourth-order valence-corrected chi connectivity index (χ4v) is 1.97. The van der Waals surface area contributed by atoms with Gasteiger partial charge in [0.2, 0.25) is 0 Å². The topological polar surface area (TPSA) is 77.0 Å². The van der Waals surface area contributed by atoms with Crippen LogP contribution < -0.4 is 5.73 Å². The number of benzene rings is 1. The van der Waals surface area contributed by atoms with Crippen molar-refractivity contribution in [2.75, 3.05) is 0 Å². The Morgan fingerprint density at radius 3 is 2.68 bits per heavy atom. The standard InChI is InChI=1S/C14H20N4O/c1-3-12(15)13-9-18(17-16-13)10-14(2,19)11-7-5-4-6-8-11/h4-9,12,19H,3,10,15H2,1-2H3. The lowest BCUT2D eigenvalue weighted by Crippen LogP contribution is -2.28. The summed E-state index contributed by atoms with van der Waals surface area (Å²) in [6, 6.07) is 9.43. The molecule has 102 valence electrons. The van der Waals surface area contributed by atoms with Crippen molar-refractivity contribution in [3.8, 4) is 0 Å². The smallest absolute Gasteiger partial charge is 0.106 e.